The monoisotopic (exact) mass is 419 g/mol. The normalized spacial score (nSPS) is 17.6. The van der Waals surface area contributed by atoms with Gasteiger partial charge in [0.1, 0.15) is 18.1 Å². The van der Waals surface area contributed by atoms with Crippen molar-refractivity contribution in [2.75, 3.05) is 11.9 Å². The molecule has 1 aromatic carbocycles. The fourth-order valence-electron chi connectivity index (χ4n) is 3.21. The molecule has 1 fully saturated rings. The first-order chi connectivity index (χ1) is 14.1. The summed E-state index contributed by atoms with van der Waals surface area (Å²) in [5.74, 6) is -1.65. The smallest absolute Gasteiger partial charge is 0.269 e. The lowest BCUT2D eigenvalue weighted by molar-refractivity contribution is -0.384. The standard InChI is InChI=1S/C19H25N5O6/c1-11(17(26)22-14-6-8-15(9-7-14)24(29)30)21-18(27)16-5-4-10-23(16)19(28)12(2)20-13(3)25/h6-9,11-12,16H,4-5,10H2,1-3H3,(H,20,25)(H,21,27)(H,22,26). The zero-order valence-corrected chi connectivity index (χ0v) is 17.0. The zero-order chi connectivity index (χ0) is 22.4. The van der Waals surface area contributed by atoms with Crippen molar-refractivity contribution in [2.24, 2.45) is 0 Å². The number of rotatable bonds is 7. The molecule has 0 spiro atoms. The van der Waals surface area contributed by atoms with Crippen molar-refractivity contribution in [2.45, 2.75) is 51.7 Å². The van der Waals surface area contributed by atoms with E-state index in [1.165, 1.54) is 43.0 Å². The quantitative estimate of drug-likeness (QED) is 0.434. The summed E-state index contributed by atoms with van der Waals surface area (Å²) in [6.07, 6.45) is 1.10. The number of carbonyl (C=O) groups excluding carboxylic acids is 4. The van der Waals surface area contributed by atoms with E-state index in [0.717, 1.165) is 0 Å². The van der Waals surface area contributed by atoms with Crippen LogP contribution in [-0.2, 0) is 19.2 Å². The van der Waals surface area contributed by atoms with Gasteiger partial charge in [-0.15, -0.1) is 0 Å². The molecule has 11 heteroatoms. The SMILES string of the molecule is CC(=O)NC(C)C(=O)N1CCCC1C(=O)NC(C)C(=O)Nc1ccc([N+](=O)[O-])cc1. The number of hydrogen-bond donors (Lipinski definition) is 3. The maximum Gasteiger partial charge on any atom is 0.269 e. The number of nitrogens with zero attached hydrogens (tertiary/aromatic N) is 2. The van der Waals surface area contributed by atoms with Gasteiger partial charge in [-0.2, -0.15) is 0 Å². The maximum absolute atomic E-state index is 12.6. The van der Waals surface area contributed by atoms with Crippen LogP contribution in [0.4, 0.5) is 11.4 Å². The molecular formula is C19H25N5O6. The van der Waals surface area contributed by atoms with Crippen molar-refractivity contribution in [1.82, 2.24) is 15.5 Å². The predicted molar refractivity (Wildman–Crippen MR) is 107 cm³/mol. The molecule has 0 radical (unpaired) electrons. The number of nitro groups is 1. The fourth-order valence-corrected chi connectivity index (χ4v) is 3.21. The minimum Gasteiger partial charge on any atom is -0.345 e. The van der Waals surface area contributed by atoms with Crippen LogP contribution in [0.1, 0.15) is 33.6 Å². The van der Waals surface area contributed by atoms with Crippen LogP contribution in [0.15, 0.2) is 24.3 Å². The Labute approximate surface area is 173 Å². The third-order valence-corrected chi connectivity index (χ3v) is 4.73. The molecule has 3 unspecified atom stereocenters. The lowest BCUT2D eigenvalue weighted by Gasteiger charge is -2.27. The van der Waals surface area contributed by atoms with E-state index < -0.39 is 34.9 Å². The van der Waals surface area contributed by atoms with Crippen molar-refractivity contribution in [3.63, 3.8) is 0 Å². The van der Waals surface area contributed by atoms with E-state index in [1.807, 2.05) is 0 Å². The molecule has 162 valence electrons. The molecule has 1 aromatic rings. The van der Waals surface area contributed by atoms with Crippen LogP contribution >= 0.6 is 0 Å². The Morgan fingerprint density at radius 1 is 1.10 bits per heavy atom. The summed E-state index contributed by atoms with van der Waals surface area (Å²) in [6.45, 7) is 4.75. The van der Waals surface area contributed by atoms with Gasteiger partial charge >= 0.3 is 0 Å². The second-order valence-corrected chi connectivity index (χ2v) is 7.14. The molecule has 1 saturated heterocycles. The molecular weight excluding hydrogens is 394 g/mol. The van der Waals surface area contributed by atoms with Gasteiger partial charge in [-0.25, -0.2) is 0 Å². The molecule has 0 aromatic heterocycles. The fraction of sp³-hybridized carbons (Fsp3) is 0.474. The van der Waals surface area contributed by atoms with E-state index in [0.29, 0.717) is 25.1 Å². The minimum absolute atomic E-state index is 0.103. The number of anilines is 1. The van der Waals surface area contributed by atoms with Crippen molar-refractivity contribution >= 4 is 35.0 Å². The highest BCUT2D eigenvalue weighted by Crippen LogP contribution is 2.19. The number of hydrogen-bond acceptors (Lipinski definition) is 6. The molecule has 3 N–H and O–H groups in total. The van der Waals surface area contributed by atoms with Gasteiger partial charge in [0.05, 0.1) is 4.92 Å². The minimum atomic E-state index is -0.891. The van der Waals surface area contributed by atoms with Crippen molar-refractivity contribution in [3.8, 4) is 0 Å². The highest BCUT2D eigenvalue weighted by Gasteiger charge is 2.37. The summed E-state index contributed by atoms with van der Waals surface area (Å²) in [6, 6.07) is 2.95. The highest BCUT2D eigenvalue weighted by molar-refractivity contribution is 5.98. The summed E-state index contributed by atoms with van der Waals surface area (Å²) >= 11 is 0. The third kappa shape index (κ3) is 5.75. The van der Waals surface area contributed by atoms with Gasteiger partial charge in [0.2, 0.25) is 23.6 Å². The van der Waals surface area contributed by atoms with Gasteiger partial charge in [-0.3, -0.25) is 29.3 Å². The van der Waals surface area contributed by atoms with E-state index in [9.17, 15) is 29.3 Å². The number of likely N-dealkylation sites (tertiary alicyclic amines) is 1. The molecule has 4 amide bonds. The zero-order valence-electron chi connectivity index (χ0n) is 17.0. The van der Waals surface area contributed by atoms with Gasteiger partial charge < -0.3 is 20.9 Å². The topological polar surface area (TPSA) is 151 Å². The molecule has 11 nitrogen and oxygen atoms in total. The van der Waals surface area contributed by atoms with Gasteiger partial charge in [0.25, 0.3) is 5.69 Å². The first-order valence-electron chi connectivity index (χ1n) is 9.53. The van der Waals surface area contributed by atoms with Crippen LogP contribution in [0, 0.1) is 10.1 Å². The lowest BCUT2D eigenvalue weighted by Crippen LogP contribution is -2.54. The average Bonchev–Trinajstić information content (AvgIpc) is 3.17. The van der Waals surface area contributed by atoms with Gasteiger partial charge in [-0.1, -0.05) is 0 Å². The van der Waals surface area contributed by atoms with E-state index in [2.05, 4.69) is 16.0 Å². The second-order valence-electron chi connectivity index (χ2n) is 7.14. The number of nitrogens with one attached hydrogen (secondary N) is 3. The molecule has 30 heavy (non-hydrogen) atoms. The van der Waals surface area contributed by atoms with Gasteiger partial charge in [-0.05, 0) is 38.8 Å². The largest absolute Gasteiger partial charge is 0.345 e. The summed E-state index contributed by atoms with van der Waals surface area (Å²) in [4.78, 5) is 60.2. The molecule has 3 atom stereocenters. The number of carbonyl (C=O) groups is 4. The van der Waals surface area contributed by atoms with Crippen LogP contribution in [0.3, 0.4) is 0 Å². The molecule has 0 bridgehead atoms. The predicted octanol–water partition coefficient (Wildman–Crippen LogP) is 0.554. The van der Waals surface area contributed by atoms with Crippen LogP contribution in [0.2, 0.25) is 0 Å². The Hall–Kier alpha value is -3.50. The number of amides is 4. The van der Waals surface area contributed by atoms with Gasteiger partial charge in [0, 0.05) is 31.3 Å². The first-order valence-corrected chi connectivity index (χ1v) is 9.53. The molecule has 1 aliphatic heterocycles. The Morgan fingerprint density at radius 2 is 1.73 bits per heavy atom. The molecule has 1 aliphatic rings. The summed E-state index contributed by atoms with van der Waals surface area (Å²) < 4.78 is 0. The van der Waals surface area contributed by atoms with E-state index >= 15 is 0 Å². The average molecular weight is 419 g/mol. The van der Waals surface area contributed by atoms with E-state index in [1.54, 1.807) is 6.92 Å². The van der Waals surface area contributed by atoms with Crippen LogP contribution in [0.5, 0.6) is 0 Å². The Bertz CT molecular complexity index is 840. The highest BCUT2D eigenvalue weighted by atomic mass is 16.6. The Kier molecular flexibility index (Phi) is 7.45. The lowest BCUT2D eigenvalue weighted by atomic mass is 10.1. The summed E-state index contributed by atoms with van der Waals surface area (Å²) in [5, 5.41) is 18.4. The molecule has 1 heterocycles. The van der Waals surface area contributed by atoms with Gasteiger partial charge in [0.15, 0.2) is 0 Å². The maximum atomic E-state index is 12.6. The van der Waals surface area contributed by atoms with Crippen LogP contribution < -0.4 is 16.0 Å². The second kappa shape index (κ2) is 9.81. The Balaban J connectivity index is 1.94. The number of non-ortho nitro benzene ring substituents is 1. The molecule has 0 aliphatic carbocycles. The first kappa shape index (κ1) is 22.8. The van der Waals surface area contributed by atoms with Crippen molar-refractivity contribution < 1.29 is 24.1 Å². The van der Waals surface area contributed by atoms with Crippen molar-refractivity contribution in [3.05, 3.63) is 34.4 Å². The number of benzene rings is 1. The summed E-state index contributed by atoms with van der Waals surface area (Å²) in [5.41, 5.74) is 0.252. The molecule has 0 saturated carbocycles. The van der Waals surface area contributed by atoms with E-state index in [-0.39, 0.29) is 17.5 Å². The molecule has 2 rings (SSSR count). The van der Waals surface area contributed by atoms with Crippen molar-refractivity contribution in [1.29, 1.82) is 0 Å². The van der Waals surface area contributed by atoms with Crippen LogP contribution in [0.25, 0.3) is 0 Å². The summed E-state index contributed by atoms with van der Waals surface area (Å²) in [7, 11) is 0. The number of nitro benzene ring substituents is 1. The van der Waals surface area contributed by atoms with Crippen LogP contribution in [-0.4, -0.2) is 58.1 Å². The van der Waals surface area contributed by atoms with E-state index in [4.69, 9.17) is 0 Å². The third-order valence-electron chi connectivity index (χ3n) is 4.73. The Morgan fingerprint density at radius 3 is 2.30 bits per heavy atom.